The number of carbonyl (C=O) groups is 1. The van der Waals surface area contributed by atoms with E-state index in [-0.39, 0.29) is 17.9 Å². The van der Waals surface area contributed by atoms with Gasteiger partial charge in [0.15, 0.2) is 0 Å². The van der Waals surface area contributed by atoms with E-state index in [1.807, 2.05) is 34.5 Å². The van der Waals surface area contributed by atoms with E-state index in [9.17, 15) is 9.18 Å². The molecule has 1 atom stereocenters. The summed E-state index contributed by atoms with van der Waals surface area (Å²) in [5.74, 6) is -0.285. The van der Waals surface area contributed by atoms with Crippen LogP contribution in [0.3, 0.4) is 0 Å². The van der Waals surface area contributed by atoms with Crippen molar-refractivity contribution in [2.75, 3.05) is 0 Å². The molecule has 0 bridgehead atoms. The summed E-state index contributed by atoms with van der Waals surface area (Å²) < 4.78 is 15.4. The molecule has 5 rings (SSSR count). The second kappa shape index (κ2) is 7.80. The number of fused-ring (bicyclic) bond motifs is 3. The zero-order valence-corrected chi connectivity index (χ0v) is 17.0. The molecule has 150 valence electrons. The predicted molar refractivity (Wildman–Crippen MR) is 116 cm³/mol. The molecule has 0 aliphatic carbocycles. The van der Waals surface area contributed by atoms with Gasteiger partial charge in [-0.15, -0.1) is 11.3 Å². The second-order valence-corrected chi connectivity index (χ2v) is 8.24. The Kier molecular flexibility index (Phi) is 4.85. The molecular weight excluding hydrogens is 397 g/mol. The first-order chi connectivity index (χ1) is 14.7. The average Bonchev–Trinajstić information content (AvgIpc) is 3.44. The number of hydrogen-bond donors (Lipinski definition) is 1. The molecule has 3 heterocycles. The van der Waals surface area contributed by atoms with Crippen molar-refractivity contribution in [3.05, 3.63) is 112 Å². The fourth-order valence-corrected chi connectivity index (χ4v) is 4.82. The number of carbonyl (C=O) groups excluding carboxylic acids is 1. The summed E-state index contributed by atoms with van der Waals surface area (Å²) in [4.78, 5) is 16.4. The van der Waals surface area contributed by atoms with Crippen LogP contribution >= 0.6 is 11.3 Å². The van der Waals surface area contributed by atoms with Crippen LogP contribution in [0.5, 0.6) is 0 Å². The van der Waals surface area contributed by atoms with Gasteiger partial charge < -0.3 is 14.8 Å². The highest BCUT2D eigenvalue weighted by Gasteiger charge is 2.33. The molecule has 2 aromatic carbocycles. The van der Waals surface area contributed by atoms with Crippen molar-refractivity contribution in [1.82, 2.24) is 14.8 Å². The minimum atomic E-state index is -0.285. The summed E-state index contributed by atoms with van der Waals surface area (Å²) in [7, 11) is 0. The summed E-state index contributed by atoms with van der Waals surface area (Å²) in [6.07, 6.45) is 2.05. The Morgan fingerprint density at radius 2 is 1.87 bits per heavy atom. The molecule has 1 aliphatic heterocycles. The van der Waals surface area contributed by atoms with Crippen molar-refractivity contribution in [3.63, 3.8) is 0 Å². The van der Waals surface area contributed by atoms with Crippen LogP contribution in [0.1, 0.15) is 27.7 Å². The fraction of sp³-hybridized carbons (Fsp3) is 0.125. The van der Waals surface area contributed by atoms with Crippen molar-refractivity contribution in [3.8, 4) is 5.69 Å². The third-order valence-electron chi connectivity index (χ3n) is 5.39. The molecule has 0 saturated heterocycles. The van der Waals surface area contributed by atoms with Crippen LogP contribution in [-0.4, -0.2) is 15.5 Å². The lowest BCUT2D eigenvalue weighted by molar-refractivity contribution is 0.181. The highest BCUT2D eigenvalue weighted by Crippen LogP contribution is 2.38. The second-order valence-electron chi connectivity index (χ2n) is 7.26. The quantitative estimate of drug-likeness (QED) is 0.470. The topological polar surface area (TPSA) is 37.3 Å². The van der Waals surface area contributed by atoms with Gasteiger partial charge in [0.1, 0.15) is 11.9 Å². The molecule has 6 heteroatoms. The lowest BCUT2D eigenvalue weighted by Gasteiger charge is -2.30. The van der Waals surface area contributed by atoms with Gasteiger partial charge in [-0.3, -0.25) is 0 Å². The van der Waals surface area contributed by atoms with E-state index in [0.717, 1.165) is 27.4 Å². The molecule has 0 fully saturated rings. The van der Waals surface area contributed by atoms with Gasteiger partial charge >= 0.3 is 6.03 Å². The molecule has 1 unspecified atom stereocenters. The van der Waals surface area contributed by atoms with Gasteiger partial charge in [-0.2, -0.15) is 0 Å². The Morgan fingerprint density at radius 3 is 2.67 bits per heavy atom. The largest absolute Gasteiger partial charge is 0.334 e. The Balaban J connectivity index is 1.52. The number of hydrogen-bond acceptors (Lipinski definition) is 2. The Hall–Kier alpha value is -3.38. The Morgan fingerprint density at radius 1 is 1.03 bits per heavy atom. The molecule has 30 heavy (non-hydrogen) atoms. The van der Waals surface area contributed by atoms with Gasteiger partial charge in [0.25, 0.3) is 0 Å². The smallest absolute Gasteiger partial charge is 0.318 e. The number of nitrogens with zero attached hydrogens (tertiary/aromatic N) is 2. The number of rotatable bonds is 3. The monoisotopic (exact) mass is 417 g/mol. The third-order valence-corrected chi connectivity index (χ3v) is 6.32. The van der Waals surface area contributed by atoms with E-state index in [1.165, 1.54) is 12.1 Å². The maximum Gasteiger partial charge on any atom is 0.318 e. The lowest BCUT2D eigenvalue weighted by Crippen LogP contribution is -2.41. The minimum absolute atomic E-state index is 0.151. The SMILES string of the molecule is O=C(NCc1ccc(F)cc1)N1Cc2ccccc2-n2cccc2C1c1cccs1. The summed E-state index contributed by atoms with van der Waals surface area (Å²) in [6.45, 7) is 0.838. The maximum absolute atomic E-state index is 13.4. The highest BCUT2D eigenvalue weighted by atomic mass is 32.1. The van der Waals surface area contributed by atoms with E-state index in [2.05, 4.69) is 40.3 Å². The number of aromatic nitrogens is 1. The van der Waals surface area contributed by atoms with Crippen LogP contribution in [0, 0.1) is 5.82 Å². The molecule has 0 saturated carbocycles. The summed E-state index contributed by atoms with van der Waals surface area (Å²) in [5, 5.41) is 5.06. The van der Waals surface area contributed by atoms with Crippen LogP contribution in [0.2, 0.25) is 0 Å². The first kappa shape index (κ1) is 18.6. The van der Waals surface area contributed by atoms with E-state index in [1.54, 1.807) is 23.5 Å². The standard InChI is InChI=1S/C24H20FN3OS/c25-19-11-9-17(10-12-19)15-26-24(29)28-16-18-5-1-2-6-20(18)27-13-3-7-21(27)23(28)22-8-4-14-30-22/h1-14,23H,15-16H2,(H,26,29). The van der Waals surface area contributed by atoms with Crippen LogP contribution < -0.4 is 5.32 Å². The summed E-state index contributed by atoms with van der Waals surface area (Å²) in [5.41, 5.74) is 4.09. The van der Waals surface area contributed by atoms with Gasteiger partial charge in [0.05, 0.1) is 17.9 Å². The maximum atomic E-state index is 13.4. The minimum Gasteiger partial charge on any atom is -0.334 e. The molecule has 2 amide bonds. The molecule has 4 aromatic rings. The van der Waals surface area contributed by atoms with E-state index in [0.29, 0.717) is 13.1 Å². The van der Waals surface area contributed by atoms with E-state index in [4.69, 9.17) is 0 Å². The Bertz CT molecular complexity index is 1170. The Labute approximate surface area is 178 Å². The highest BCUT2D eigenvalue weighted by molar-refractivity contribution is 7.10. The number of thiophene rings is 1. The van der Waals surface area contributed by atoms with Crippen molar-refractivity contribution < 1.29 is 9.18 Å². The first-order valence-corrected chi connectivity index (χ1v) is 10.7. The first-order valence-electron chi connectivity index (χ1n) is 9.78. The number of amides is 2. The van der Waals surface area contributed by atoms with Crippen LogP contribution in [0.4, 0.5) is 9.18 Å². The fourth-order valence-electron chi connectivity index (χ4n) is 3.97. The predicted octanol–water partition coefficient (Wildman–Crippen LogP) is 5.49. The summed E-state index contributed by atoms with van der Waals surface area (Å²) in [6, 6.07) is 22.2. The zero-order chi connectivity index (χ0) is 20.5. The zero-order valence-electron chi connectivity index (χ0n) is 16.2. The van der Waals surface area contributed by atoms with Crippen molar-refractivity contribution >= 4 is 17.4 Å². The molecule has 0 radical (unpaired) electrons. The van der Waals surface area contributed by atoms with Gasteiger partial charge in [0, 0.05) is 17.6 Å². The molecule has 1 N–H and O–H groups in total. The van der Waals surface area contributed by atoms with E-state index >= 15 is 0 Å². The molecule has 1 aliphatic rings. The summed E-state index contributed by atoms with van der Waals surface area (Å²) >= 11 is 1.64. The lowest BCUT2D eigenvalue weighted by atomic mass is 10.1. The molecule has 2 aromatic heterocycles. The van der Waals surface area contributed by atoms with E-state index < -0.39 is 0 Å². The number of para-hydroxylation sites is 1. The van der Waals surface area contributed by atoms with Crippen molar-refractivity contribution in [2.24, 2.45) is 0 Å². The third kappa shape index (κ3) is 3.39. The average molecular weight is 418 g/mol. The van der Waals surface area contributed by atoms with Crippen LogP contribution in [0.15, 0.2) is 84.4 Å². The van der Waals surface area contributed by atoms with Crippen LogP contribution in [0.25, 0.3) is 5.69 Å². The number of benzene rings is 2. The molecule has 4 nitrogen and oxygen atoms in total. The van der Waals surface area contributed by atoms with Crippen molar-refractivity contribution in [2.45, 2.75) is 19.1 Å². The van der Waals surface area contributed by atoms with Gasteiger partial charge in [-0.1, -0.05) is 36.4 Å². The van der Waals surface area contributed by atoms with Crippen LogP contribution in [-0.2, 0) is 13.1 Å². The van der Waals surface area contributed by atoms with Gasteiger partial charge in [0.2, 0.25) is 0 Å². The van der Waals surface area contributed by atoms with Gasteiger partial charge in [-0.25, -0.2) is 9.18 Å². The number of urea groups is 1. The number of nitrogens with one attached hydrogen (secondary N) is 1. The number of halogens is 1. The normalized spacial score (nSPS) is 15.2. The molecular formula is C24H20FN3OS. The van der Waals surface area contributed by atoms with Gasteiger partial charge in [-0.05, 0) is 52.9 Å². The molecule has 0 spiro atoms. The van der Waals surface area contributed by atoms with Crippen molar-refractivity contribution in [1.29, 1.82) is 0 Å².